The standard InChI is InChI=1S/C15H16O2S/c16-13(8-11-6-7-17-10-11)15-9-12-4-2-1-3-5-14(12)18-15/h6-7,9-10H,1-5,8H2. The fraction of sp³-hybridized carbons (Fsp3) is 0.400. The highest BCUT2D eigenvalue weighted by Crippen LogP contribution is 2.29. The molecule has 0 radical (unpaired) electrons. The van der Waals surface area contributed by atoms with Crippen LogP contribution in [0.2, 0.25) is 0 Å². The molecule has 2 heterocycles. The fourth-order valence-electron chi connectivity index (χ4n) is 2.47. The summed E-state index contributed by atoms with van der Waals surface area (Å²) in [5.74, 6) is 0.217. The predicted octanol–water partition coefficient (Wildman–Crippen LogP) is 4.04. The van der Waals surface area contributed by atoms with Crippen molar-refractivity contribution in [3.05, 3.63) is 45.5 Å². The van der Waals surface area contributed by atoms with E-state index in [1.54, 1.807) is 23.9 Å². The highest BCUT2D eigenvalue weighted by molar-refractivity contribution is 7.14. The second-order valence-electron chi connectivity index (χ2n) is 4.85. The fourth-order valence-corrected chi connectivity index (χ4v) is 3.66. The molecule has 3 rings (SSSR count). The lowest BCUT2D eigenvalue weighted by atomic mass is 10.1. The van der Waals surface area contributed by atoms with Crippen LogP contribution in [0.15, 0.2) is 29.1 Å². The van der Waals surface area contributed by atoms with E-state index < -0.39 is 0 Å². The van der Waals surface area contributed by atoms with Crippen LogP contribution in [0.25, 0.3) is 0 Å². The molecule has 94 valence electrons. The van der Waals surface area contributed by atoms with Gasteiger partial charge in [0.15, 0.2) is 5.78 Å². The summed E-state index contributed by atoms with van der Waals surface area (Å²) in [6, 6.07) is 3.98. The van der Waals surface area contributed by atoms with E-state index in [1.165, 1.54) is 29.7 Å². The summed E-state index contributed by atoms with van der Waals surface area (Å²) in [4.78, 5) is 14.5. The predicted molar refractivity (Wildman–Crippen MR) is 72.3 cm³/mol. The minimum Gasteiger partial charge on any atom is -0.472 e. The first-order chi connectivity index (χ1) is 8.83. The molecule has 0 amide bonds. The van der Waals surface area contributed by atoms with Gasteiger partial charge in [0.25, 0.3) is 0 Å². The van der Waals surface area contributed by atoms with Gasteiger partial charge in [-0.15, -0.1) is 11.3 Å². The van der Waals surface area contributed by atoms with Crippen LogP contribution < -0.4 is 0 Å². The third-order valence-corrected chi connectivity index (χ3v) is 4.74. The van der Waals surface area contributed by atoms with Gasteiger partial charge in [0.05, 0.1) is 17.4 Å². The highest BCUT2D eigenvalue weighted by Gasteiger charge is 2.16. The maximum absolute atomic E-state index is 12.2. The van der Waals surface area contributed by atoms with E-state index in [-0.39, 0.29) is 5.78 Å². The van der Waals surface area contributed by atoms with Gasteiger partial charge in [0.1, 0.15) is 0 Å². The van der Waals surface area contributed by atoms with E-state index in [0.717, 1.165) is 23.3 Å². The molecule has 2 aromatic rings. The SMILES string of the molecule is O=C(Cc1ccoc1)c1cc2c(s1)CCCCC2. The molecular weight excluding hydrogens is 244 g/mol. The first kappa shape index (κ1) is 11.7. The molecule has 0 fully saturated rings. The zero-order valence-corrected chi connectivity index (χ0v) is 11.1. The molecule has 0 unspecified atom stereocenters. The lowest BCUT2D eigenvalue weighted by Crippen LogP contribution is -1.99. The zero-order valence-electron chi connectivity index (χ0n) is 10.3. The molecule has 0 aliphatic heterocycles. The zero-order chi connectivity index (χ0) is 12.4. The van der Waals surface area contributed by atoms with Crippen molar-refractivity contribution in [1.82, 2.24) is 0 Å². The van der Waals surface area contributed by atoms with Crippen LogP contribution in [0.3, 0.4) is 0 Å². The van der Waals surface area contributed by atoms with Crippen molar-refractivity contribution in [2.75, 3.05) is 0 Å². The molecule has 1 aliphatic carbocycles. The van der Waals surface area contributed by atoms with Crippen molar-refractivity contribution >= 4 is 17.1 Å². The maximum atomic E-state index is 12.2. The van der Waals surface area contributed by atoms with Crippen LogP contribution in [-0.4, -0.2) is 5.78 Å². The van der Waals surface area contributed by atoms with Gasteiger partial charge in [-0.1, -0.05) is 6.42 Å². The monoisotopic (exact) mass is 260 g/mol. The van der Waals surface area contributed by atoms with Crippen LogP contribution in [0.5, 0.6) is 0 Å². The van der Waals surface area contributed by atoms with Crippen molar-refractivity contribution in [1.29, 1.82) is 0 Å². The van der Waals surface area contributed by atoms with E-state index in [2.05, 4.69) is 6.07 Å². The number of aryl methyl sites for hydroxylation is 2. The minimum absolute atomic E-state index is 0.217. The average molecular weight is 260 g/mol. The summed E-state index contributed by atoms with van der Waals surface area (Å²) in [7, 11) is 0. The summed E-state index contributed by atoms with van der Waals surface area (Å²) >= 11 is 1.70. The van der Waals surface area contributed by atoms with Crippen LogP contribution in [0, 0.1) is 0 Å². The Balaban J connectivity index is 1.78. The smallest absolute Gasteiger partial charge is 0.177 e. The molecule has 0 N–H and O–H groups in total. The summed E-state index contributed by atoms with van der Waals surface area (Å²) in [5, 5.41) is 0. The Morgan fingerprint density at radius 3 is 3.00 bits per heavy atom. The largest absolute Gasteiger partial charge is 0.472 e. The van der Waals surface area contributed by atoms with Crippen LogP contribution in [0.4, 0.5) is 0 Å². The van der Waals surface area contributed by atoms with Gasteiger partial charge in [-0.2, -0.15) is 0 Å². The molecule has 0 saturated carbocycles. The Morgan fingerprint density at radius 2 is 2.17 bits per heavy atom. The first-order valence-corrected chi connectivity index (χ1v) is 7.30. The number of hydrogen-bond acceptors (Lipinski definition) is 3. The van der Waals surface area contributed by atoms with E-state index in [4.69, 9.17) is 4.42 Å². The molecule has 0 spiro atoms. The van der Waals surface area contributed by atoms with Crippen molar-refractivity contribution < 1.29 is 9.21 Å². The number of furan rings is 1. The molecule has 2 aromatic heterocycles. The van der Waals surface area contributed by atoms with Gasteiger partial charge in [0, 0.05) is 11.3 Å². The van der Waals surface area contributed by atoms with Crippen molar-refractivity contribution in [2.45, 2.75) is 38.5 Å². The molecule has 3 heteroatoms. The molecule has 0 aromatic carbocycles. The van der Waals surface area contributed by atoms with E-state index >= 15 is 0 Å². The van der Waals surface area contributed by atoms with Gasteiger partial charge in [0.2, 0.25) is 0 Å². The van der Waals surface area contributed by atoms with E-state index in [9.17, 15) is 4.79 Å². The number of thiophene rings is 1. The average Bonchev–Trinajstić information content (AvgIpc) is 2.95. The lowest BCUT2D eigenvalue weighted by Gasteiger charge is -1.95. The number of carbonyl (C=O) groups is 1. The number of fused-ring (bicyclic) bond motifs is 1. The Kier molecular flexibility index (Phi) is 3.33. The van der Waals surface area contributed by atoms with Gasteiger partial charge in [-0.05, 0) is 48.9 Å². The summed E-state index contributed by atoms with van der Waals surface area (Å²) in [5.41, 5.74) is 2.37. The van der Waals surface area contributed by atoms with Gasteiger partial charge < -0.3 is 4.42 Å². The molecule has 0 bridgehead atoms. The Labute approximate surface area is 111 Å². The number of carbonyl (C=O) groups excluding carboxylic acids is 1. The van der Waals surface area contributed by atoms with E-state index in [0.29, 0.717) is 6.42 Å². The number of ketones is 1. The maximum Gasteiger partial charge on any atom is 0.177 e. The molecule has 1 aliphatic rings. The molecule has 0 saturated heterocycles. The molecular formula is C15H16O2S. The third kappa shape index (κ3) is 2.41. The molecule has 2 nitrogen and oxygen atoms in total. The van der Waals surface area contributed by atoms with Crippen LogP contribution in [0.1, 0.15) is 44.9 Å². The second kappa shape index (κ2) is 5.11. The third-order valence-electron chi connectivity index (χ3n) is 3.47. The summed E-state index contributed by atoms with van der Waals surface area (Å²) < 4.78 is 5.00. The molecule has 18 heavy (non-hydrogen) atoms. The number of rotatable bonds is 3. The van der Waals surface area contributed by atoms with Gasteiger partial charge in [-0.25, -0.2) is 0 Å². The normalized spacial score (nSPS) is 15.1. The lowest BCUT2D eigenvalue weighted by molar-refractivity contribution is 0.0996. The Morgan fingerprint density at radius 1 is 1.28 bits per heavy atom. The highest BCUT2D eigenvalue weighted by atomic mass is 32.1. The Bertz CT molecular complexity index is 513. The molecule has 0 atom stereocenters. The van der Waals surface area contributed by atoms with Crippen molar-refractivity contribution in [2.24, 2.45) is 0 Å². The minimum atomic E-state index is 0.217. The summed E-state index contributed by atoms with van der Waals surface area (Å²) in [6.45, 7) is 0. The van der Waals surface area contributed by atoms with Crippen molar-refractivity contribution in [3.63, 3.8) is 0 Å². The van der Waals surface area contributed by atoms with Gasteiger partial charge >= 0.3 is 0 Å². The van der Waals surface area contributed by atoms with E-state index in [1.807, 2.05) is 6.07 Å². The first-order valence-electron chi connectivity index (χ1n) is 6.49. The number of Topliss-reactive ketones (excluding diaryl/α,β-unsaturated/α-hetero) is 1. The Hall–Kier alpha value is -1.35. The quantitative estimate of drug-likeness (QED) is 0.616. The van der Waals surface area contributed by atoms with Crippen LogP contribution in [-0.2, 0) is 19.3 Å². The second-order valence-corrected chi connectivity index (χ2v) is 5.99. The van der Waals surface area contributed by atoms with Gasteiger partial charge in [-0.3, -0.25) is 4.79 Å². The van der Waals surface area contributed by atoms with Crippen molar-refractivity contribution in [3.8, 4) is 0 Å². The number of hydrogen-bond donors (Lipinski definition) is 0. The van der Waals surface area contributed by atoms with Crippen LogP contribution >= 0.6 is 11.3 Å². The topological polar surface area (TPSA) is 30.2 Å². The summed E-state index contributed by atoms with van der Waals surface area (Å²) in [6.07, 6.45) is 9.87.